The number of hydrogen-bond donors (Lipinski definition) is 1. The molecular formula is C21H26F2O4. The van der Waals surface area contributed by atoms with E-state index in [1.165, 1.54) is 6.08 Å². The van der Waals surface area contributed by atoms with Gasteiger partial charge in [-0.3, -0.25) is 14.4 Å². The van der Waals surface area contributed by atoms with Crippen LogP contribution >= 0.6 is 0 Å². The van der Waals surface area contributed by atoms with E-state index in [1.54, 1.807) is 13.8 Å². The molecule has 3 saturated carbocycles. The Labute approximate surface area is 157 Å². The van der Waals surface area contributed by atoms with Gasteiger partial charge in [0.2, 0.25) is 11.6 Å². The number of carbonyl (C=O) groups excluding carboxylic acids is 3. The van der Waals surface area contributed by atoms with Crippen LogP contribution in [-0.4, -0.2) is 40.4 Å². The van der Waals surface area contributed by atoms with E-state index in [0.717, 1.165) is 0 Å². The summed E-state index contributed by atoms with van der Waals surface area (Å²) >= 11 is 0. The molecule has 6 heteroatoms. The summed E-state index contributed by atoms with van der Waals surface area (Å²) in [5, 5.41) is 11.0. The number of aliphatic hydroxyl groups is 1. The number of alkyl halides is 2. The van der Waals surface area contributed by atoms with Crippen LogP contribution in [0.25, 0.3) is 0 Å². The van der Waals surface area contributed by atoms with Crippen molar-refractivity contribution in [2.75, 3.05) is 6.67 Å². The van der Waals surface area contributed by atoms with Crippen molar-refractivity contribution in [2.24, 2.45) is 22.7 Å². The summed E-state index contributed by atoms with van der Waals surface area (Å²) < 4.78 is 29.8. The molecule has 148 valence electrons. The molecule has 0 amide bonds. The lowest BCUT2D eigenvalue weighted by molar-refractivity contribution is -0.184. The molecule has 4 aliphatic carbocycles. The van der Waals surface area contributed by atoms with Gasteiger partial charge in [-0.05, 0) is 56.4 Å². The van der Waals surface area contributed by atoms with Crippen LogP contribution in [0.3, 0.4) is 0 Å². The third-order valence-electron chi connectivity index (χ3n) is 8.69. The molecule has 0 aliphatic heterocycles. The van der Waals surface area contributed by atoms with Crippen molar-refractivity contribution >= 4 is 17.3 Å². The third kappa shape index (κ3) is 2.08. The zero-order valence-corrected chi connectivity index (χ0v) is 15.8. The topological polar surface area (TPSA) is 71.4 Å². The molecular weight excluding hydrogens is 354 g/mol. The lowest BCUT2D eigenvalue weighted by Crippen LogP contribution is -2.64. The van der Waals surface area contributed by atoms with Gasteiger partial charge in [-0.1, -0.05) is 19.4 Å². The van der Waals surface area contributed by atoms with Gasteiger partial charge in [-0.15, -0.1) is 0 Å². The molecule has 0 spiro atoms. The molecule has 3 fully saturated rings. The lowest BCUT2D eigenvalue weighted by Gasteiger charge is -2.61. The van der Waals surface area contributed by atoms with Gasteiger partial charge in [0.15, 0.2) is 12.5 Å². The minimum atomic E-state index is -1.75. The summed E-state index contributed by atoms with van der Waals surface area (Å²) in [7, 11) is 0. The molecule has 4 rings (SSSR count). The Kier molecular flexibility index (Phi) is 3.89. The van der Waals surface area contributed by atoms with Crippen molar-refractivity contribution < 1.29 is 28.3 Å². The minimum absolute atomic E-state index is 0.0991. The fourth-order valence-corrected chi connectivity index (χ4v) is 6.93. The summed E-state index contributed by atoms with van der Waals surface area (Å²) in [4.78, 5) is 36.1. The van der Waals surface area contributed by atoms with Crippen LogP contribution in [0.2, 0.25) is 0 Å². The highest BCUT2D eigenvalue weighted by atomic mass is 19.1. The average Bonchev–Trinajstić information content (AvgIpc) is 2.90. The van der Waals surface area contributed by atoms with Gasteiger partial charge in [-0.2, -0.15) is 0 Å². The normalized spacial score (nSPS) is 49.1. The van der Waals surface area contributed by atoms with Gasteiger partial charge in [0.1, 0.15) is 11.3 Å². The average molecular weight is 380 g/mol. The lowest BCUT2D eigenvalue weighted by atomic mass is 9.44. The number of ketones is 3. The van der Waals surface area contributed by atoms with Crippen LogP contribution in [-0.2, 0) is 14.4 Å². The SMILES string of the molecule is C[C@]12CC(=O)C(=O)C=C1CC[C@H]1[C@@H]3CC[C@](O)(C(=O)CF)[C@@]3(C)CC[C@@]12F. The van der Waals surface area contributed by atoms with Crippen molar-refractivity contribution in [3.05, 3.63) is 11.6 Å². The highest BCUT2D eigenvalue weighted by Crippen LogP contribution is 2.70. The maximum atomic E-state index is 16.6. The Hall–Kier alpha value is -1.43. The first kappa shape index (κ1) is 18.9. The predicted molar refractivity (Wildman–Crippen MR) is 93.4 cm³/mol. The number of carbonyl (C=O) groups is 3. The van der Waals surface area contributed by atoms with Gasteiger partial charge in [0.25, 0.3) is 0 Å². The smallest absolute Gasteiger partial charge is 0.221 e. The van der Waals surface area contributed by atoms with Gasteiger partial charge in [0, 0.05) is 17.3 Å². The quantitative estimate of drug-likeness (QED) is 0.748. The summed E-state index contributed by atoms with van der Waals surface area (Å²) in [6, 6.07) is 0. The van der Waals surface area contributed by atoms with Crippen LogP contribution < -0.4 is 0 Å². The second-order valence-electron chi connectivity index (χ2n) is 9.45. The minimum Gasteiger partial charge on any atom is -0.381 e. The summed E-state index contributed by atoms with van der Waals surface area (Å²) in [5.41, 5.74) is -4.58. The van der Waals surface area contributed by atoms with Crippen LogP contribution in [0.5, 0.6) is 0 Å². The van der Waals surface area contributed by atoms with E-state index in [2.05, 4.69) is 0 Å². The molecule has 0 saturated heterocycles. The van der Waals surface area contributed by atoms with Gasteiger partial charge in [-0.25, -0.2) is 8.78 Å². The van der Waals surface area contributed by atoms with Crippen LogP contribution in [0, 0.1) is 22.7 Å². The first-order valence-corrected chi connectivity index (χ1v) is 9.82. The summed E-state index contributed by atoms with van der Waals surface area (Å²) in [5.74, 6) is -2.57. The van der Waals surface area contributed by atoms with E-state index in [-0.39, 0.29) is 31.6 Å². The first-order chi connectivity index (χ1) is 12.5. The molecule has 0 unspecified atom stereocenters. The summed E-state index contributed by atoms with van der Waals surface area (Å²) in [6.45, 7) is 2.32. The van der Waals surface area contributed by atoms with Crippen molar-refractivity contribution in [2.45, 2.75) is 70.1 Å². The van der Waals surface area contributed by atoms with E-state index in [4.69, 9.17) is 0 Å². The monoisotopic (exact) mass is 380 g/mol. The fourth-order valence-electron chi connectivity index (χ4n) is 6.93. The number of hydrogen-bond acceptors (Lipinski definition) is 4. The zero-order chi connectivity index (χ0) is 19.8. The van der Waals surface area contributed by atoms with E-state index < -0.39 is 52.0 Å². The van der Waals surface area contributed by atoms with Gasteiger partial charge in [0.05, 0.1) is 0 Å². The Bertz CT molecular complexity index is 776. The maximum Gasteiger partial charge on any atom is 0.221 e. The molecule has 4 nitrogen and oxygen atoms in total. The number of Topliss-reactive ketones (excluding diaryl/α,β-unsaturated/α-hetero) is 2. The molecule has 4 aliphatic rings. The standard InChI is InChI=1S/C21H26F2O4/c1-18-7-8-20(23)14(13(18)5-6-21(18,27)17(26)11-22)4-3-12-9-15(24)16(25)10-19(12,20)2/h9,13-14,27H,3-8,10-11H2,1-2H3/t13-,14-,18-,19-,20+,21-/m0/s1. The fraction of sp³-hybridized carbons (Fsp3) is 0.762. The van der Waals surface area contributed by atoms with E-state index in [0.29, 0.717) is 24.8 Å². The largest absolute Gasteiger partial charge is 0.381 e. The molecule has 0 aromatic rings. The highest BCUT2D eigenvalue weighted by molar-refractivity contribution is 6.42. The second-order valence-corrected chi connectivity index (χ2v) is 9.45. The molecule has 6 atom stereocenters. The maximum absolute atomic E-state index is 16.6. The number of rotatable bonds is 2. The van der Waals surface area contributed by atoms with E-state index in [9.17, 15) is 23.9 Å². The second kappa shape index (κ2) is 5.56. The highest BCUT2D eigenvalue weighted by Gasteiger charge is 2.71. The van der Waals surface area contributed by atoms with Crippen molar-refractivity contribution in [1.29, 1.82) is 0 Å². The Morgan fingerprint density at radius 2 is 1.89 bits per heavy atom. The summed E-state index contributed by atoms with van der Waals surface area (Å²) in [6.07, 6.45) is 3.24. The molecule has 0 aromatic carbocycles. The molecule has 0 aromatic heterocycles. The Morgan fingerprint density at radius 3 is 2.56 bits per heavy atom. The van der Waals surface area contributed by atoms with E-state index >= 15 is 4.39 Å². The van der Waals surface area contributed by atoms with Crippen LogP contribution in [0.4, 0.5) is 8.78 Å². The van der Waals surface area contributed by atoms with Crippen LogP contribution in [0.15, 0.2) is 11.6 Å². The Balaban J connectivity index is 1.76. The Morgan fingerprint density at radius 1 is 1.19 bits per heavy atom. The molecule has 1 N–H and O–H groups in total. The van der Waals surface area contributed by atoms with Gasteiger partial charge < -0.3 is 5.11 Å². The van der Waals surface area contributed by atoms with E-state index in [1.807, 2.05) is 0 Å². The third-order valence-corrected chi connectivity index (χ3v) is 8.69. The predicted octanol–water partition coefficient (Wildman–Crippen LogP) is 3.06. The molecule has 0 bridgehead atoms. The molecule has 0 radical (unpaired) electrons. The number of fused-ring (bicyclic) bond motifs is 5. The molecule has 0 heterocycles. The van der Waals surface area contributed by atoms with Crippen molar-refractivity contribution in [3.8, 4) is 0 Å². The number of halogens is 2. The molecule has 27 heavy (non-hydrogen) atoms. The van der Waals surface area contributed by atoms with Crippen LogP contribution in [0.1, 0.15) is 58.8 Å². The first-order valence-electron chi connectivity index (χ1n) is 9.82. The van der Waals surface area contributed by atoms with Crippen molar-refractivity contribution in [1.82, 2.24) is 0 Å². The zero-order valence-electron chi connectivity index (χ0n) is 15.8. The van der Waals surface area contributed by atoms with Gasteiger partial charge >= 0.3 is 0 Å². The number of allylic oxidation sites excluding steroid dienone is 1. The van der Waals surface area contributed by atoms with Crippen molar-refractivity contribution in [3.63, 3.8) is 0 Å².